The van der Waals surface area contributed by atoms with Crippen LogP contribution in [0.1, 0.15) is 45.4 Å². The Hall–Kier alpha value is -2.00. The van der Waals surface area contributed by atoms with Crippen LogP contribution in [0.2, 0.25) is 0 Å². The smallest absolute Gasteiger partial charge is 0.311 e. The Morgan fingerprint density at radius 1 is 1.03 bits per heavy atom. The number of amides is 1. The summed E-state index contributed by atoms with van der Waals surface area (Å²) in [6.45, 7) is 3.19. The molecule has 0 bridgehead atoms. The van der Waals surface area contributed by atoms with Crippen molar-refractivity contribution in [1.29, 1.82) is 0 Å². The Bertz CT molecular complexity index is 851. The lowest BCUT2D eigenvalue weighted by molar-refractivity contribution is -0.163. The van der Waals surface area contributed by atoms with Gasteiger partial charge in [0.1, 0.15) is 5.82 Å². The highest BCUT2D eigenvalue weighted by Crippen LogP contribution is 2.25. The summed E-state index contributed by atoms with van der Waals surface area (Å²) in [6, 6.07) is 4.63. The normalized spacial score (nSPS) is 22.2. The second-order valence-corrected chi connectivity index (χ2v) is 9.91. The number of halogens is 1. The summed E-state index contributed by atoms with van der Waals surface area (Å²) >= 11 is 0. The second-order valence-electron chi connectivity index (χ2n) is 7.97. The summed E-state index contributed by atoms with van der Waals surface area (Å²) in [4.78, 5) is 27.0. The molecule has 1 amide bonds. The first-order valence-corrected chi connectivity index (χ1v) is 12.0. The topological polar surface area (TPSA) is 84.0 Å². The van der Waals surface area contributed by atoms with Crippen molar-refractivity contribution in [3.8, 4) is 0 Å². The number of hydrogen-bond donors (Lipinski definition) is 0. The third kappa shape index (κ3) is 5.37. The number of carbonyl (C=O) groups is 2. The van der Waals surface area contributed by atoms with E-state index < -0.39 is 33.8 Å². The standard InChI is InChI=1S/C21H29FN2O5S/c1-16(20(25)23-12-4-2-3-5-13-23)29-21(26)17-7-6-14-24(15-17)30(27,28)19-10-8-18(22)9-11-19/h8-11,16-17H,2-7,12-15H2,1H3/t16-,17-/m1/s1. The molecule has 1 aromatic carbocycles. The number of sulfonamides is 1. The maximum absolute atomic E-state index is 13.1. The molecule has 0 unspecified atom stereocenters. The number of likely N-dealkylation sites (tertiary alicyclic amines) is 1. The molecule has 166 valence electrons. The van der Waals surface area contributed by atoms with Crippen LogP contribution in [0.3, 0.4) is 0 Å². The van der Waals surface area contributed by atoms with Crippen molar-refractivity contribution in [2.75, 3.05) is 26.2 Å². The van der Waals surface area contributed by atoms with Gasteiger partial charge in [0, 0.05) is 26.2 Å². The minimum Gasteiger partial charge on any atom is -0.452 e. The first-order chi connectivity index (χ1) is 14.3. The number of benzene rings is 1. The molecule has 2 aliphatic rings. The Kier molecular flexibility index (Phi) is 7.46. The van der Waals surface area contributed by atoms with Crippen LogP contribution in [0.4, 0.5) is 4.39 Å². The van der Waals surface area contributed by atoms with Gasteiger partial charge in [-0.15, -0.1) is 0 Å². The zero-order valence-electron chi connectivity index (χ0n) is 17.3. The van der Waals surface area contributed by atoms with Crippen molar-refractivity contribution >= 4 is 21.9 Å². The fraction of sp³-hybridized carbons (Fsp3) is 0.619. The molecule has 2 atom stereocenters. The zero-order chi connectivity index (χ0) is 21.7. The van der Waals surface area contributed by atoms with E-state index in [2.05, 4.69) is 0 Å². The fourth-order valence-electron chi connectivity index (χ4n) is 3.98. The Labute approximate surface area is 177 Å². The molecule has 0 N–H and O–H groups in total. The molecule has 2 fully saturated rings. The third-order valence-electron chi connectivity index (χ3n) is 5.73. The van der Waals surface area contributed by atoms with Gasteiger partial charge < -0.3 is 9.64 Å². The van der Waals surface area contributed by atoms with Crippen LogP contribution in [-0.4, -0.2) is 61.8 Å². The maximum Gasteiger partial charge on any atom is 0.311 e. The van der Waals surface area contributed by atoms with Crippen LogP contribution in [-0.2, 0) is 24.3 Å². The van der Waals surface area contributed by atoms with Gasteiger partial charge in [0.25, 0.3) is 5.91 Å². The van der Waals surface area contributed by atoms with Crippen LogP contribution < -0.4 is 0 Å². The molecule has 7 nitrogen and oxygen atoms in total. The molecule has 0 aromatic heterocycles. The summed E-state index contributed by atoms with van der Waals surface area (Å²) in [5, 5.41) is 0. The quantitative estimate of drug-likeness (QED) is 0.657. The molecule has 9 heteroatoms. The van der Waals surface area contributed by atoms with E-state index in [1.165, 1.54) is 16.4 Å². The highest BCUT2D eigenvalue weighted by Gasteiger charge is 2.35. The molecule has 30 heavy (non-hydrogen) atoms. The zero-order valence-corrected chi connectivity index (χ0v) is 18.1. The van der Waals surface area contributed by atoms with Crippen molar-refractivity contribution in [1.82, 2.24) is 9.21 Å². The lowest BCUT2D eigenvalue weighted by Gasteiger charge is -2.31. The molecular weight excluding hydrogens is 411 g/mol. The van der Waals surface area contributed by atoms with Crippen LogP contribution in [0.25, 0.3) is 0 Å². The number of rotatable bonds is 5. The van der Waals surface area contributed by atoms with Gasteiger partial charge in [-0.05, 0) is 56.9 Å². The predicted molar refractivity (Wildman–Crippen MR) is 108 cm³/mol. The van der Waals surface area contributed by atoms with E-state index in [1.807, 2.05) is 0 Å². The number of nitrogens with zero attached hydrogens (tertiary/aromatic N) is 2. The lowest BCUT2D eigenvalue weighted by atomic mass is 10.00. The van der Waals surface area contributed by atoms with Crippen LogP contribution in [0.5, 0.6) is 0 Å². The SMILES string of the molecule is C[C@@H](OC(=O)[C@@H]1CCCN(S(=O)(=O)c2ccc(F)cc2)C1)C(=O)N1CCCCCC1. The van der Waals surface area contributed by atoms with E-state index >= 15 is 0 Å². The number of carbonyl (C=O) groups excluding carboxylic acids is 2. The molecular formula is C21H29FN2O5S. The summed E-state index contributed by atoms with van der Waals surface area (Å²) in [5.41, 5.74) is 0. The van der Waals surface area contributed by atoms with E-state index in [0.29, 0.717) is 25.9 Å². The molecule has 2 heterocycles. The Morgan fingerprint density at radius 2 is 1.67 bits per heavy atom. The summed E-state index contributed by atoms with van der Waals surface area (Å²) in [6.07, 6.45) is 4.21. The van der Waals surface area contributed by atoms with Gasteiger partial charge in [0.2, 0.25) is 10.0 Å². The molecule has 3 rings (SSSR count). The molecule has 2 aliphatic heterocycles. The summed E-state index contributed by atoms with van der Waals surface area (Å²) in [7, 11) is -3.83. The van der Waals surface area contributed by atoms with Crippen molar-refractivity contribution in [3.05, 3.63) is 30.1 Å². The minimum atomic E-state index is -3.83. The Balaban J connectivity index is 1.61. The van der Waals surface area contributed by atoms with Gasteiger partial charge in [-0.25, -0.2) is 12.8 Å². The van der Waals surface area contributed by atoms with Gasteiger partial charge in [0.15, 0.2) is 6.10 Å². The molecule has 1 aromatic rings. The minimum absolute atomic E-state index is 0.0107. The third-order valence-corrected chi connectivity index (χ3v) is 7.61. The monoisotopic (exact) mass is 440 g/mol. The highest BCUT2D eigenvalue weighted by molar-refractivity contribution is 7.89. The average molecular weight is 441 g/mol. The van der Waals surface area contributed by atoms with Gasteiger partial charge in [-0.3, -0.25) is 9.59 Å². The van der Waals surface area contributed by atoms with Gasteiger partial charge >= 0.3 is 5.97 Å². The Morgan fingerprint density at radius 3 is 2.30 bits per heavy atom. The molecule has 0 radical (unpaired) electrons. The summed E-state index contributed by atoms with van der Waals surface area (Å²) in [5.74, 6) is -1.90. The van der Waals surface area contributed by atoms with Crippen molar-refractivity contribution < 1.29 is 27.1 Å². The predicted octanol–water partition coefficient (Wildman–Crippen LogP) is 2.56. The number of hydrogen-bond acceptors (Lipinski definition) is 5. The van der Waals surface area contributed by atoms with Gasteiger partial charge in [0.05, 0.1) is 10.8 Å². The van der Waals surface area contributed by atoms with Crippen LogP contribution in [0.15, 0.2) is 29.2 Å². The van der Waals surface area contributed by atoms with Crippen molar-refractivity contribution in [3.63, 3.8) is 0 Å². The lowest BCUT2D eigenvalue weighted by Crippen LogP contribution is -2.45. The molecule has 2 saturated heterocycles. The molecule has 0 saturated carbocycles. The second kappa shape index (κ2) is 9.87. The molecule has 0 spiro atoms. The van der Waals surface area contributed by atoms with E-state index in [-0.39, 0.29) is 23.9 Å². The maximum atomic E-state index is 13.1. The number of ether oxygens (including phenoxy) is 1. The molecule has 0 aliphatic carbocycles. The number of piperidine rings is 1. The van der Waals surface area contributed by atoms with E-state index in [1.54, 1.807) is 11.8 Å². The fourth-order valence-corrected chi connectivity index (χ4v) is 5.50. The highest BCUT2D eigenvalue weighted by atomic mass is 32.2. The van der Waals surface area contributed by atoms with Crippen molar-refractivity contribution in [2.24, 2.45) is 5.92 Å². The first-order valence-electron chi connectivity index (χ1n) is 10.5. The van der Waals surface area contributed by atoms with Crippen LogP contribution in [0, 0.1) is 11.7 Å². The largest absolute Gasteiger partial charge is 0.452 e. The summed E-state index contributed by atoms with van der Waals surface area (Å²) < 4.78 is 45.4. The van der Waals surface area contributed by atoms with Gasteiger partial charge in [-0.1, -0.05) is 12.8 Å². The van der Waals surface area contributed by atoms with E-state index in [9.17, 15) is 22.4 Å². The van der Waals surface area contributed by atoms with E-state index in [4.69, 9.17) is 4.74 Å². The van der Waals surface area contributed by atoms with Gasteiger partial charge in [-0.2, -0.15) is 4.31 Å². The van der Waals surface area contributed by atoms with E-state index in [0.717, 1.165) is 37.8 Å². The van der Waals surface area contributed by atoms with Crippen LogP contribution >= 0.6 is 0 Å². The first kappa shape index (κ1) is 22.7. The average Bonchev–Trinajstić information content (AvgIpc) is 3.03. The van der Waals surface area contributed by atoms with Crippen molar-refractivity contribution in [2.45, 2.75) is 56.4 Å². The number of esters is 1.